The molecule has 0 radical (unpaired) electrons. The summed E-state index contributed by atoms with van der Waals surface area (Å²) in [5, 5.41) is 6.81. The van der Waals surface area contributed by atoms with Gasteiger partial charge in [-0.3, -0.25) is 4.99 Å². The Bertz CT molecular complexity index is 483. The molecule has 0 aliphatic heterocycles. The zero-order valence-electron chi connectivity index (χ0n) is 15.3. The van der Waals surface area contributed by atoms with E-state index in [4.69, 9.17) is 0 Å². The molecule has 138 valence electrons. The number of hydrogen-bond acceptors (Lipinski definition) is 3. The van der Waals surface area contributed by atoms with E-state index in [0.717, 1.165) is 31.5 Å². The van der Waals surface area contributed by atoms with Gasteiger partial charge in [-0.1, -0.05) is 19.3 Å². The van der Waals surface area contributed by atoms with Crippen LogP contribution in [0.15, 0.2) is 17.1 Å². The predicted molar refractivity (Wildman–Crippen MR) is 117 cm³/mol. The molecule has 2 rings (SSSR count). The Morgan fingerprint density at radius 2 is 2.00 bits per heavy atom. The lowest BCUT2D eigenvalue weighted by molar-refractivity contribution is 0.190. The zero-order chi connectivity index (χ0) is 16.5. The van der Waals surface area contributed by atoms with Crippen molar-refractivity contribution in [3.05, 3.63) is 21.9 Å². The lowest BCUT2D eigenvalue weighted by atomic mass is 9.94. The molecule has 0 saturated heterocycles. The van der Waals surface area contributed by atoms with Crippen molar-refractivity contribution in [2.24, 2.45) is 4.99 Å². The van der Waals surface area contributed by atoms with Gasteiger partial charge in [0, 0.05) is 29.4 Å². The molecule has 1 aromatic rings. The van der Waals surface area contributed by atoms with E-state index in [1.807, 2.05) is 18.4 Å². The summed E-state index contributed by atoms with van der Waals surface area (Å²) in [6.45, 7) is 5.13. The Labute approximate surface area is 168 Å². The quantitative estimate of drug-likeness (QED) is 0.278. The van der Waals surface area contributed by atoms with Crippen LogP contribution in [-0.2, 0) is 6.54 Å². The van der Waals surface area contributed by atoms with Crippen LogP contribution in [0.5, 0.6) is 0 Å². The van der Waals surface area contributed by atoms with E-state index >= 15 is 0 Å². The molecule has 0 aromatic carbocycles. The number of nitrogens with zero attached hydrogens (tertiary/aromatic N) is 2. The standard InChI is InChI=1S/C18H32N4S.HI/c1-15-10-11-17(23-15)14-21-18(19-2)20-12-7-13-22(3)16-8-5-4-6-9-16;/h10-11,16H,4-9,12-14H2,1-3H3,(H2,19,20,21);1H. The number of aryl methyl sites for hydroxylation is 1. The largest absolute Gasteiger partial charge is 0.356 e. The number of nitrogens with one attached hydrogen (secondary N) is 2. The topological polar surface area (TPSA) is 39.7 Å². The summed E-state index contributed by atoms with van der Waals surface area (Å²) < 4.78 is 0. The molecule has 1 aliphatic carbocycles. The van der Waals surface area contributed by atoms with Crippen LogP contribution in [0.3, 0.4) is 0 Å². The Morgan fingerprint density at radius 3 is 2.62 bits per heavy atom. The maximum atomic E-state index is 4.30. The lowest BCUT2D eigenvalue weighted by Crippen LogP contribution is -2.39. The van der Waals surface area contributed by atoms with E-state index in [9.17, 15) is 0 Å². The van der Waals surface area contributed by atoms with Crippen LogP contribution in [0.25, 0.3) is 0 Å². The first-order valence-electron chi connectivity index (χ1n) is 8.89. The highest BCUT2D eigenvalue weighted by Gasteiger charge is 2.17. The van der Waals surface area contributed by atoms with Crippen LogP contribution in [0, 0.1) is 6.92 Å². The van der Waals surface area contributed by atoms with Crippen molar-refractivity contribution >= 4 is 41.3 Å². The van der Waals surface area contributed by atoms with E-state index in [0.29, 0.717) is 0 Å². The zero-order valence-corrected chi connectivity index (χ0v) is 18.5. The molecule has 0 spiro atoms. The molecule has 1 fully saturated rings. The number of thiophene rings is 1. The summed E-state index contributed by atoms with van der Waals surface area (Å²) in [5.41, 5.74) is 0. The number of aliphatic imine (C=N–C) groups is 1. The molecule has 0 amide bonds. The van der Waals surface area contributed by atoms with Gasteiger partial charge in [0.25, 0.3) is 0 Å². The average molecular weight is 464 g/mol. The van der Waals surface area contributed by atoms with Crippen LogP contribution in [0.1, 0.15) is 48.3 Å². The van der Waals surface area contributed by atoms with Crippen molar-refractivity contribution in [1.82, 2.24) is 15.5 Å². The molecule has 24 heavy (non-hydrogen) atoms. The monoisotopic (exact) mass is 464 g/mol. The fraction of sp³-hybridized carbons (Fsp3) is 0.722. The number of rotatable bonds is 7. The SMILES string of the molecule is CN=C(NCCCN(C)C1CCCCC1)NCc1ccc(C)s1.I. The number of hydrogen-bond donors (Lipinski definition) is 2. The first kappa shape index (κ1) is 21.7. The van der Waals surface area contributed by atoms with E-state index in [1.165, 1.54) is 48.4 Å². The van der Waals surface area contributed by atoms with Gasteiger partial charge in [-0.15, -0.1) is 35.3 Å². The fourth-order valence-corrected chi connectivity index (χ4v) is 4.04. The Hall–Kier alpha value is -0.340. The molecule has 0 unspecified atom stereocenters. The molecule has 1 aliphatic rings. The smallest absolute Gasteiger partial charge is 0.191 e. The van der Waals surface area contributed by atoms with Gasteiger partial charge in [-0.2, -0.15) is 0 Å². The highest BCUT2D eigenvalue weighted by molar-refractivity contribution is 14.0. The van der Waals surface area contributed by atoms with Crippen molar-refractivity contribution in [1.29, 1.82) is 0 Å². The van der Waals surface area contributed by atoms with E-state index in [2.05, 4.69) is 46.6 Å². The number of guanidine groups is 1. The fourth-order valence-electron chi connectivity index (χ4n) is 3.21. The van der Waals surface area contributed by atoms with Gasteiger partial charge in [0.1, 0.15) is 0 Å². The van der Waals surface area contributed by atoms with Gasteiger partial charge in [0.05, 0.1) is 6.54 Å². The first-order chi connectivity index (χ1) is 11.2. The maximum absolute atomic E-state index is 4.30. The van der Waals surface area contributed by atoms with Crippen molar-refractivity contribution in [3.8, 4) is 0 Å². The summed E-state index contributed by atoms with van der Waals surface area (Å²) in [5.74, 6) is 0.899. The molecule has 2 N–H and O–H groups in total. The first-order valence-corrected chi connectivity index (χ1v) is 9.71. The summed E-state index contributed by atoms with van der Waals surface area (Å²) in [4.78, 5) is 9.56. The number of halogens is 1. The third kappa shape index (κ3) is 7.70. The molecule has 0 atom stereocenters. The summed E-state index contributed by atoms with van der Waals surface area (Å²) >= 11 is 1.84. The van der Waals surface area contributed by atoms with Crippen molar-refractivity contribution in [3.63, 3.8) is 0 Å². The van der Waals surface area contributed by atoms with Gasteiger partial charge < -0.3 is 15.5 Å². The van der Waals surface area contributed by atoms with E-state index in [-0.39, 0.29) is 24.0 Å². The van der Waals surface area contributed by atoms with Crippen LogP contribution in [0.4, 0.5) is 0 Å². The van der Waals surface area contributed by atoms with Crippen molar-refractivity contribution in [2.75, 3.05) is 27.2 Å². The minimum absolute atomic E-state index is 0. The summed E-state index contributed by atoms with van der Waals surface area (Å²) in [6.07, 6.45) is 8.17. The third-order valence-corrected chi connectivity index (χ3v) is 5.63. The van der Waals surface area contributed by atoms with E-state index < -0.39 is 0 Å². The molecular formula is C18H33IN4S. The van der Waals surface area contributed by atoms with Crippen LogP contribution >= 0.6 is 35.3 Å². The highest BCUT2D eigenvalue weighted by Crippen LogP contribution is 2.21. The van der Waals surface area contributed by atoms with Gasteiger partial charge >= 0.3 is 0 Å². The molecule has 1 heterocycles. The molecule has 6 heteroatoms. The van der Waals surface area contributed by atoms with Gasteiger partial charge in [-0.25, -0.2) is 0 Å². The highest BCUT2D eigenvalue weighted by atomic mass is 127. The Kier molecular flexibility index (Phi) is 10.9. The molecule has 0 bridgehead atoms. The maximum Gasteiger partial charge on any atom is 0.191 e. The van der Waals surface area contributed by atoms with Crippen LogP contribution in [-0.4, -0.2) is 44.1 Å². The Morgan fingerprint density at radius 1 is 1.25 bits per heavy atom. The van der Waals surface area contributed by atoms with Crippen molar-refractivity contribution in [2.45, 2.75) is 58.0 Å². The minimum Gasteiger partial charge on any atom is -0.356 e. The van der Waals surface area contributed by atoms with Gasteiger partial charge in [0.2, 0.25) is 0 Å². The average Bonchev–Trinajstić information content (AvgIpc) is 3.00. The Balaban J connectivity index is 0.00000288. The molecule has 1 aromatic heterocycles. The minimum atomic E-state index is 0. The summed E-state index contributed by atoms with van der Waals surface area (Å²) in [6, 6.07) is 5.15. The normalized spacial score (nSPS) is 16.1. The van der Waals surface area contributed by atoms with Crippen LogP contribution in [0.2, 0.25) is 0 Å². The van der Waals surface area contributed by atoms with Gasteiger partial charge in [0.15, 0.2) is 5.96 Å². The second-order valence-corrected chi connectivity index (χ2v) is 7.86. The van der Waals surface area contributed by atoms with Crippen LogP contribution < -0.4 is 10.6 Å². The molecular weight excluding hydrogens is 431 g/mol. The van der Waals surface area contributed by atoms with Gasteiger partial charge in [-0.05, 0) is 51.9 Å². The van der Waals surface area contributed by atoms with E-state index in [1.54, 1.807) is 0 Å². The second kappa shape index (κ2) is 12.1. The third-order valence-electron chi connectivity index (χ3n) is 4.63. The summed E-state index contributed by atoms with van der Waals surface area (Å²) in [7, 11) is 4.12. The second-order valence-electron chi connectivity index (χ2n) is 6.49. The predicted octanol–water partition coefficient (Wildman–Crippen LogP) is 3.99. The van der Waals surface area contributed by atoms with Crippen molar-refractivity contribution < 1.29 is 0 Å². The molecule has 4 nitrogen and oxygen atoms in total. The lowest BCUT2D eigenvalue weighted by Gasteiger charge is -2.31. The molecule has 1 saturated carbocycles.